The van der Waals surface area contributed by atoms with Gasteiger partial charge >= 0.3 is 0 Å². The molecule has 1 aromatic carbocycles. The lowest BCUT2D eigenvalue weighted by Gasteiger charge is -2.15. The molecule has 0 radical (unpaired) electrons. The number of benzene rings is 1. The summed E-state index contributed by atoms with van der Waals surface area (Å²) in [5.41, 5.74) is 3.75. The van der Waals surface area contributed by atoms with Crippen LogP contribution in [0.25, 0.3) is 11.0 Å². The molecule has 0 bridgehead atoms. The van der Waals surface area contributed by atoms with E-state index in [0.717, 1.165) is 41.3 Å². The largest absolute Gasteiger partial charge is 0.350 e. The highest BCUT2D eigenvalue weighted by Crippen LogP contribution is 2.40. The molecule has 0 saturated heterocycles. The number of hydrogen-bond donors (Lipinski definition) is 1. The fraction of sp³-hybridized carbons (Fsp3) is 0.409. The molecule has 1 unspecified atom stereocenters. The topological polar surface area (TPSA) is 59.8 Å². The molecule has 0 spiro atoms. The highest BCUT2D eigenvalue weighted by Gasteiger charge is 2.28. The second kappa shape index (κ2) is 7.54. The number of hydrogen-bond acceptors (Lipinski definition) is 3. The van der Waals surface area contributed by atoms with Gasteiger partial charge in [-0.2, -0.15) is 5.10 Å². The van der Waals surface area contributed by atoms with E-state index < -0.39 is 11.6 Å². The van der Waals surface area contributed by atoms with Crippen LogP contribution in [0.5, 0.6) is 0 Å². The number of nitrogens with one attached hydrogen (secondary N) is 1. The molecule has 1 saturated carbocycles. The van der Waals surface area contributed by atoms with Crippen LogP contribution >= 0.6 is 0 Å². The molecule has 1 N–H and O–H groups in total. The van der Waals surface area contributed by atoms with Gasteiger partial charge in [0.25, 0.3) is 5.91 Å². The first-order chi connectivity index (χ1) is 13.8. The van der Waals surface area contributed by atoms with Gasteiger partial charge in [-0.25, -0.2) is 13.8 Å². The predicted molar refractivity (Wildman–Crippen MR) is 107 cm³/mol. The number of halogens is 2. The number of rotatable bonds is 6. The van der Waals surface area contributed by atoms with Gasteiger partial charge in [0.1, 0.15) is 0 Å². The Labute approximate surface area is 168 Å². The quantitative estimate of drug-likeness (QED) is 0.678. The molecule has 29 heavy (non-hydrogen) atoms. The Morgan fingerprint density at radius 3 is 2.72 bits per heavy atom. The van der Waals surface area contributed by atoms with Crippen molar-refractivity contribution < 1.29 is 13.6 Å². The van der Waals surface area contributed by atoms with Crippen molar-refractivity contribution in [3.05, 3.63) is 58.4 Å². The Kier molecular flexibility index (Phi) is 5.06. The standard InChI is InChI=1S/C22H24F2N4O/c1-12(4-5-14-6-9-17(23)18(24)10-14)25-22(29)16-11-19(15-7-8-15)26-21-20(16)13(2)27-28(21)3/h6,9-12,15H,4-5,7-8H2,1-3H3,(H,25,29). The second-order valence-electron chi connectivity index (χ2n) is 7.94. The number of fused-ring (bicyclic) bond motifs is 1. The molecular weight excluding hydrogens is 374 g/mol. The van der Waals surface area contributed by atoms with Crippen molar-refractivity contribution in [1.82, 2.24) is 20.1 Å². The molecule has 2 aromatic heterocycles. The summed E-state index contributed by atoms with van der Waals surface area (Å²) in [5.74, 6) is -1.44. The van der Waals surface area contributed by atoms with Crippen LogP contribution in [0.1, 0.15) is 59.4 Å². The summed E-state index contributed by atoms with van der Waals surface area (Å²) in [4.78, 5) is 17.8. The van der Waals surface area contributed by atoms with Crippen LogP contribution in [0.15, 0.2) is 24.3 Å². The maximum Gasteiger partial charge on any atom is 0.252 e. The SMILES string of the molecule is Cc1nn(C)c2nc(C3CC3)cc(C(=O)NC(C)CCc3ccc(F)c(F)c3)c12. The zero-order chi connectivity index (χ0) is 20.7. The van der Waals surface area contributed by atoms with Crippen LogP contribution in [-0.2, 0) is 13.5 Å². The summed E-state index contributed by atoms with van der Waals surface area (Å²) in [6.07, 6.45) is 3.36. The molecule has 3 aromatic rings. The first kappa shape index (κ1) is 19.5. The third-order valence-electron chi connectivity index (χ3n) is 5.46. The number of nitrogens with zero attached hydrogens (tertiary/aromatic N) is 3. The summed E-state index contributed by atoms with van der Waals surface area (Å²) >= 11 is 0. The number of pyridine rings is 1. The fourth-order valence-electron chi connectivity index (χ4n) is 3.68. The third kappa shape index (κ3) is 3.99. The van der Waals surface area contributed by atoms with Gasteiger partial charge in [-0.1, -0.05) is 6.07 Å². The fourth-order valence-corrected chi connectivity index (χ4v) is 3.68. The van der Waals surface area contributed by atoms with E-state index in [0.29, 0.717) is 29.9 Å². The maximum atomic E-state index is 13.4. The Hall–Kier alpha value is -2.83. The van der Waals surface area contributed by atoms with E-state index in [-0.39, 0.29) is 11.9 Å². The Morgan fingerprint density at radius 1 is 1.28 bits per heavy atom. The van der Waals surface area contributed by atoms with E-state index in [9.17, 15) is 13.6 Å². The zero-order valence-electron chi connectivity index (χ0n) is 16.8. The van der Waals surface area contributed by atoms with Crippen molar-refractivity contribution >= 4 is 16.9 Å². The van der Waals surface area contributed by atoms with Crippen molar-refractivity contribution in [3.8, 4) is 0 Å². The molecule has 1 aliphatic rings. The zero-order valence-corrected chi connectivity index (χ0v) is 16.8. The van der Waals surface area contributed by atoms with Crippen LogP contribution in [0.2, 0.25) is 0 Å². The molecule has 152 valence electrons. The van der Waals surface area contributed by atoms with Crippen molar-refractivity contribution in [2.45, 2.75) is 51.5 Å². The predicted octanol–water partition coefficient (Wildman–Crippen LogP) is 4.18. The molecule has 1 atom stereocenters. The van der Waals surface area contributed by atoms with E-state index in [1.165, 1.54) is 6.07 Å². The third-order valence-corrected chi connectivity index (χ3v) is 5.46. The van der Waals surface area contributed by atoms with E-state index in [1.54, 1.807) is 10.7 Å². The van der Waals surface area contributed by atoms with Gasteiger partial charge in [0, 0.05) is 24.7 Å². The maximum absolute atomic E-state index is 13.4. The Bertz CT molecular complexity index is 1090. The number of aryl methyl sites for hydroxylation is 3. The number of carbonyl (C=O) groups excluding carboxylic acids is 1. The van der Waals surface area contributed by atoms with E-state index in [2.05, 4.69) is 10.4 Å². The van der Waals surface area contributed by atoms with E-state index in [1.807, 2.05) is 27.0 Å². The van der Waals surface area contributed by atoms with Gasteiger partial charge in [-0.05, 0) is 63.3 Å². The van der Waals surface area contributed by atoms with Crippen LogP contribution < -0.4 is 5.32 Å². The van der Waals surface area contributed by atoms with Crippen LogP contribution in [0, 0.1) is 18.6 Å². The summed E-state index contributed by atoms with van der Waals surface area (Å²) in [7, 11) is 1.84. The monoisotopic (exact) mass is 398 g/mol. The summed E-state index contributed by atoms with van der Waals surface area (Å²) in [6, 6.07) is 5.68. The summed E-state index contributed by atoms with van der Waals surface area (Å²) < 4.78 is 28.2. The Balaban J connectivity index is 1.51. The summed E-state index contributed by atoms with van der Waals surface area (Å²) in [6.45, 7) is 3.79. The number of carbonyl (C=O) groups is 1. The van der Waals surface area contributed by atoms with E-state index in [4.69, 9.17) is 4.98 Å². The van der Waals surface area contributed by atoms with Crippen LogP contribution in [0.3, 0.4) is 0 Å². The molecule has 1 amide bonds. The normalized spacial score (nSPS) is 14.9. The minimum absolute atomic E-state index is 0.125. The highest BCUT2D eigenvalue weighted by atomic mass is 19.2. The van der Waals surface area contributed by atoms with Gasteiger partial charge in [0.05, 0.1) is 16.6 Å². The van der Waals surface area contributed by atoms with Gasteiger partial charge in [0.2, 0.25) is 0 Å². The van der Waals surface area contributed by atoms with E-state index >= 15 is 0 Å². The smallest absolute Gasteiger partial charge is 0.252 e. The highest BCUT2D eigenvalue weighted by molar-refractivity contribution is 6.06. The molecule has 2 heterocycles. The van der Waals surface area contributed by atoms with Gasteiger partial charge in [-0.3, -0.25) is 9.48 Å². The Morgan fingerprint density at radius 2 is 2.03 bits per heavy atom. The molecule has 5 nitrogen and oxygen atoms in total. The van der Waals surface area contributed by atoms with Gasteiger partial charge in [0.15, 0.2) is 17.3 Å². The van der Waals surface area contributed by atoms with Gasteiger partial charge < -0.3 is 5.32 Å². The lowest BCUT2D eigenvalue weighted by atomic mass is 10.0. The molecule has 4 rings (SSSR count). The average Bonchev–Trinajstić information content (AvgIpc) is 3.49. The molecular formula is C22H24F2N4O. The molecule has 7 heteroatoms. The molecule has 0 aliphatic heterocycles. The molecule has 1 aliphatic carbocycles. The van der Waals surface area contributed by atoms with Crippen LogP contribution in [0.4, 0.5) is 8.78 Å². The van der Waals surface area contributed by atoms with Gasteiger partial charge in [-0.15, -0.1) is 0 Å². The lowest BCUT2D eigenvalue weighted by molar-refractivity contribution is 0.0940. The average molecular weight is 398 g/mol. The van der Waals surface area contributed by atoms with Crippen molar-refractivity contribution in [2.24, 2.45) is 7.05 Å². The lowest BCUT2D eigenvalue weighted by Crippen LogP contribution is -2.33. The van der Waals surface area contributed by atoms with Crippen LogP contribution in [-0.4, -0.2) is 26.7 Å². The van der Waals surface area contributed by atoms with Crippen molar-refractivity contribution in [2.75, 3.05) is 0 Å². The molecule has 1 fully saturated rings. The minimum Gasteiger partial charge on any atom is -0.350 e. The van der Waals surface area contributed by atoms with Crippen molar-refractivity contribution in [3.63, 3.8) is 0 Å². The second-order valence-corrected chi connectivity index (χ2v) is 7.94. The first-order valence-electron chi connectivity index (χ1n) is 9.92. The number of amides is 1. The summed E-state index contributed by atoms with van der Waals surface area (Å²) in [5, 5.41) is 8.25. The van der Waals surface area contributed by atoms with Crippen molar-refractivity contribution in [1.29, 1.82) is 0 Å². The minimum atomic E-state index is -0.852. The number of aromatic nitrogens is 3. The first-order valence-corrected chi connectivity index (χ1v) is 9.92.